The van der Waals surface area contributed by atoms with E-state index in [2.05, 4.69) is 10.3 Å². The summed E-state index contributed by atoms with van der Waals surface area (Å²) in [7, 11) is -3.67. The largest absolute Gasteiger partial charge is 0.459 e. The molecule has 144 valence electrons. The van der Waals surface area contributed by atoms with E-state index in [4.69, 9.17) is 29.5 Å². The van der Waals surface area contributed by atoms with Crippen molar-refractivity contribution in [1.29, 1.82) is 0 Å². The minimum atomic E-state index is -3.67. The summed E-state index contributed by atoms with van der Waals surface area (Å²) in [6.45, 7) is 4.21. The molecule has 0 aliphatic carbocycles. The number of hydrogen-bond donors (Lipinski definition) is 1. The molecule has 3 aromatic rings. The fourth-order valence-corrected chi connectivity index (χ4v) is 4.22. The number of oxazole rings is 1. The van der Waals surface area contributed by atoms with Crippen LogP contribution in [0.25, 0.3) is 11.7 Å². The first-order valence-electron chi connectivity index (χ1n) is 8.49. The molecular weight excluding hydrogens is 391 g/mol. The summed E-state index contributed by atoms with van der Waals surface area (Å²) < 4.78 is 35.2. The maximum atomic E-state index is 13.2. The zero-order valence-electron chi connectivity index (χ0n) is 15.0. The van der Waals surface area contributed by atoms with Crippen molar-refractivity contribution in [3.63, 3.8) is 0 Å². The summed E-state index contributed by atoms with van der Waals surface area (Å²) in [5, 5.41) is 3.69. The van der Waals surface area contributed by atoms with E-state index < -0.39 is 7.60 Å². The van der Waals surface area contributed by atoms with Crippen molar-refractivity contribution in [1.82, 2.24) is 4.98 Å². The number of rotatable bonds is 9. The first kappa shape index (κ1) is 19.7. The molecule has 7 nitrogen and oxygen atoms in total. The highest BCUT2D eigenvalue weighted by atomic mass is 35.5. The van der Waals surface area contributed by atoms with E-state index in [0.717, 1.165) is 5.56 Å². The van der Waals surface area contributed by atoms with Crippen molar-refractivity contribution >= 4 is 30.5 Å². The highest BCUT2D eigenvalue weighted by molar-refractivity contribution is 7.62. The Kier molecular flexibility index (Phi) is 6.39. The van der Waals surface area contributed by atoms with Crippen LogP contribution in [0.2, 0.25) is 5.02 Å². The van der Waals surface area contributed by atoms with Crippen molar-refractivity contribution in [2.24, 2.45) is 0 Å². The minimum Gasteiger partial charge on any atom is -0.459 e. The topological polar surface area (TPSA) is 86.7 Å². The molecule has 1 aromatic carbocycles. The number of nitrogens with one attached hydrogen (secondary N) is 1. The summed E-state index contributed by atoms with van der Waals surface area (Å²) in [5.74, 6) is 0.768. The van der Waals surface area contributed by atoms with Crippen molar-refractivity contribution in [2.45, 2.75) is 20.4 Å². The predicted molar refractivity (Wildman–Crippen MR) is 103 cm³/mol. The van der Waals surface area contributed by atoms with Crippen LogP contribution in [0.3, 0.4) is 0 Å². The fourth-order valence-electron chi connectivity index (χ4n) is 2.44. The van der Waals surface area contributed by atoms with Gasteiger partial charge in [-0.1, -0.05) is 29.8 Å². The molecule has 0 bridgehead atoms. The van der Waals surface area contributed by atoms with Gasteiger partial charge in [-0.25, -0.2) is 0 Å². The molecule has 3 rings (SSSR count). The molecule has 2 heterocycles. The van der Waals surface area contributed by atoms with E-state index in [1.54, 1.807) is 32.0 Å². The smallest absolute Gasteiger partial charge is 0.385 e. The zero-order chi connectivity index (χ0) is 19.3. The third-order valence-electron chi connectivity index (χ3n) is 3.60. The number of nitrogens with zero attached hydrogens (tertiary/aromatic N) is 1. The first-order chi connectivity index (χ1) is 13.1. The van der Waals surface area contributed by atoms with Gasteiger partial charge in [0.1, 0.15) is 0 Å². The Morgan fingerprint density at radius 2 is 1.89 bits per heavy atom. The number of benzene rings is 1. The SMILES string of the molecule is CCOP(=O)(OCC)c1nc(-c2ccco2)oc1NCc1ccccc1Cl. The molecule has 0 fully saturated rings. The lowest BCUT2D eigenvalue weighted by Gasteiger charge is -2.15. The van der Waals surface area contributed by atoms with Gasteiger partial charge >= 0.3 is 7.60 Å². The number of aromatic nitrogens is 1. The molecular formula is C18H20ClN2O5P. The van der Waals surface area contributed by atoms with Gasteiger partial charge in [0, 0.05) is 11.6 Å². The van der Waals surface area contributed by atoms with E-state index >= 15 is 0 Å². The molecule has 2 aromatic heterocycles. The van der Waals surface area contributed by atoms with Crippen molar-refractivity contribution in [3.05, 3.63) is 53.2 Å². The predicted octanol–water partition coefficient (Wildman–Crippen LogP) is 5.09. The minimum absolute atomic E-state index is 0.0738. The van der Waals surface area contributed by atoms with Crippen molar-refractivity contribution in [3.8, 4) is 11.7 Å². The van der Waals surface area contributed by atoms with Crippen LogP contribution in [-0.4, -0.2) is 18.2 Å². The second kappa shape index (κ2) is 8.76. The van der Waals surface area contributed by atoms with Crippen molar-refractivity contribution in [2.75, 3.05) is 18.5 Å². The molecule has 0 radical (unpaired) electrons. The van der Waals surface area contributed by atoms with Gasteiger partial charge in [-0.3, -0.25) is 4.57 Å². The lowest BCUT2D eigenvalue weighted by molar-refractivity contribution is 0.229. The van der Waals surface area contributed by atoms with Crippen LogP contribution in [0.5, 0.6) is 0 Å². The molecule has 0 aliphatic rings. The summed E-state index contributed by atoms with van der Waals surface area (Å²) in [6.07, 6.45) is 1.50. The normalized spacial score (nSPS) is 11.7. The standard InChI is InChI=1S/C18H20ClN2O5P/c1-3-24-27(22,25-4-2)18-17(20-12-13-8-5-6-9-14(13)19)26-16(21-18)15-10-7-11-23-15/h5-11,20H,3-4,12H2,1-2H3. The Hall–Kier alpha value is -2.05. The highest BCUT2D eigenvalue weighted by Gasteiger charge is 2.36. The van der Waals surface area contributed by atoms with Gasteiger partial charge in [0.15, 0.2) is 5.76 Å². The monoisotopic (exact) mass is 410 g/mol. The van der Waals surface area contributed by atoms with Crippen LogP contribution in [0.15, 0.2) is 51.5 Å². The summed E-state index contributed by atoms with van der Waals surface area (Å²) in [6, 6.07) is 10.8. The second-order valence-electron chi connectivity index (χ2n) is 5.43. The number of hydrogen-bond acceptors (Lipinski definition) is 7. The maximum Gasteiger partial charge on any atom is 0.385 e. The van der Waals surface area contributed by atoms with Gasteiger partial charge in [-0.05, 0) is 37.6 Å². The Morgan fingerprint density at radius 3 is 2.52 bits per heavy atom. The van der Waals surface area contributed by atoms with Crippen molar-refractivity contribution < 1.29 is 22.4 Å². The number of anilines is 1. The number of furan rings is 1. The lowest BCUT2D eigenvalue weighted by Crippen LogP contribution is -2.16. The maximum absolute atomic E-state index is 13.2. The molecule has 0 saturated carbocycles. The average molecular weight is 411 g/mol. The first-order valence-corrected chi connectivity index (χ1v) is 10.4. The summed E-state index contributed by atoms with van der Waals surface area (Å²) in [5.41, 5.74) is 0.924. The summed E-state index contributed by atoms with van der Waals surface area (Å²) in [4.78, 5) is 4.33. The van der Waals surface area contributed by atoms with Crippen LogP contribution in [0, 0.1) is 0 Å². The second-order valence-corrected chi connectivity index (χ2v) is 7.77. The Bertz CT molecular complexity index is 916. The average Bonchev–Trinajstić information content (AvgIpc) is 3.31. The van der Waals surface area contributed by atoms with Gasteiger partial charge in [0.25, 0.3) is 5.89 Å². The van der Waals surface area contributed by atoms with Gasteiger partial charge in [-0.15, -0.1) is 0 Å². The van der Waals surface area contributed by atoms with Gasteiger partial charge in [-0.2, -0.15) is 4.98 Å². The third kappa shape index (κ3) is 4.45. The Balaban J connectivity index is 1.97. The van der Waals surface area contributed by atoms with E-state index in [9.17, 15) is 4.57 Å². The van der Waals surface area contributed by atoms with Crippen LogP contribution >= 0.6 is 19.2 Å². The highest BCUT2D eigenvalue weighted by Crippen LogP contribution is 2.49. The molecule has 0 aliphatic heterocycles. The molecule has 0 unspecified atom stereocenters. The fraction of sp³-hybridized carbons (Fsp3) is 0.278. The molecule has 0 saturated heterocycles. The van der Waals surface area contributed by atoms with Crippen LogP contribution < -0.4 is 10.8 Å². The van der Waals surface area contributed by atoms with E-state index in [0.29, 0.717) is 17.3 Å². The van der Waals surface area contributed by atoms with E-state index in [1.165, 1.54) is 6.26 Å². The van der Waals surface area contributed by atoms with Gasteiger partial charge < -0.3 is 23.2 Å². The van der Waals surface area contributed by atoms with Crippen LogP contribution in [0.4, 0.5) is 5.88 Å². The molecule has 0 amide bonds. The molecule has 9 heteroatoms. The lowest BCUT2D eigenvalue weighted by atomic mass is 10.2. The Morgan fingerprint density at radius 1 is 1.15 bits per heavy atom. The van der Waals surface area contributed by atoms with Crippen LogP contribution in [0.1, 0.15) is 19.4 Å². The van der Waals surface area contributed by atoms with E-state index in [-0.39, 0.29) is 30.4 Å². The number of halogens is 1. The molecule has 0 atom stereocenters. The molecule has 27 heavy (non-hydrogen) atoms. The van der Waals surface area contributed by atoms with Gasteiger partial charge in [0.05, 0.1) is 19.5 Å². The Labute approximate surface area is 162 Å². The zero-order valence-corrected chi connectivity index (χ0v) is 16.6. The molecule has 0 spiro atoms. The van der Waals surface area contributed by atoms with Gasteiger partial charge in [0.2, 0.25) is 11.3 Å². The van der Waals surface area contributed by atoms with E-state index in [1.807, 2.05) is 18.2 Å². The summed E-state index contributed by atoms with van der Waals surface area (Å²) >= 11 is 6.20. The molecule has 1 N–H and O–H groups in total. The van der Waals surface area contributed by atoms with Crippen LogP contribution in [-0.2, 0) is 20.2 Å². The third-order valence-corrected chi connectivity index (χ3v) is 5.98. The quantitative estimate of drug-likeness (QED) is 0.491.